The second kappa shape index (κ2) is 6.18. The fourth-order valence-corrected chi connectivity index (χ4v) is 3.37. The van der Waals surface area contributed by atoms with Gasteiger partial charge in [0.25, 0.3) is 5.56 Å². The van der Waals surface area contributed by atoms with Gasteiger partial charge in [0.1, 0.15) is 21.8 Å². The Morgan fingerprint density at radius 3 is 2.68 bits per heavy atom. The van der Waals surface area contributed by atoms with Crippen LogP contribution in [0.25, 0.3) is 22.4 Å². The van der Waals surface area contributed by atoms with Crippen LogP contribution in [0.15, 0.2) is 45.6 Å². The van der Waals surface area contributed by atoms with E-state index in [9.17, 15) is 4.79 Å². The van der Waals surface area contributed by atoms with E-state index in [4.69, 9.17) is 9.15 Å². The molecule has 0 aliphatic heterocycles. The molecule has 0 aliphatic rings. The Morgan fingerprint density at radius 2 is 2.04 bits per heavy atom. The molecule has 3 heterocycles. The van der Waals surface area contributed by atoms with Gasteiger partial charge in [0.15, 0.2) is 5.82 Å². The molecule has 1 aromatic carbocycles. The number of aromatic nitrogens is 3. The third kappa shape index (κ3) is 2.94. The van der Waals surface area contributed by atoms with E-state index >= 15 is 0 Å². The van der Waals surface area contributed by atoms with Crippen LogP contribution in [-0.2, 0) is 0 Å². The molecular formula is C18H15N3O3S. The summed E-state index contributed by atoms with van der Waals surface area (Å²) < 4.78 is 12.8. The van der Waals surface area contributed by atoms with Crippen LogP contribution in [0.2, 0.25) is 0 Å². The second-order valence-corrected chi connectivity index (χ2v) is 6.46. The summed E-state index contributed by atoms with van der Waals surface area (Å²) in [5.74, 6) is 2.76. The van der Waals surface area contributed by atoms with Crippen molar-refractivity contribution < 1.29 is 9.15 Å². The molecule has 0 fully saturated rings. The summed E-state index contributed by atoms with van der Waals surface area (Å²) in [7, 11) is 0. The smallest absolute Gasteiger partial charge is 0.291 e. The third-order valence-electron chi connectivity index (χ3n) is 3.64. The Kier molecular flexibility index (Phi) is 3.85. The number of hydrogen-bond acceptors (Lipinski definition) is 6. The molecule has 6 nitrogen and oxygen atoms in total. The molecule has 126 valence electrons. The maximum Gasteiger partial charge on any atom is 0.291 e. The van der Waals surface area contributed by atoms with E-state index in [2.05, 4.69) is 10.1 Å². The van der Waals surface area contributed by atoms with Gasteiger partial charge in [0.05, 0.1) is 6.61 Å². The summed E-state index contributed by atoms with van der Waals surface area (Å²) in [6.45, 7) is 4.42. The zero-order valence-corrected chi connectivity index (χ0v) is 14.5. The number of fused-ring (bicyclic) bond motifs is 1. The summed E-state index contributed by atoms with van der Waals surface area (Å²) >= 11 is 1.29. The van der Waals surface area contributed by atoms with Crippen LogP contribution in [0.5, 0.6) is 5.75 Å². The maximum atomic E-state index is 12.5. The second-order valence-electron chi connectivity index (χ2n) is 5.45. The number of furan rings is 1. The van der Waals surface area contributed by atoms with E-state index in [0.717, 1.165) is 17.1 Å². The van der Waals surface area contributed by atoms with Crippen molar-refractivity contribution in [1.29, 1.82) is 0 Å². The van der Waals surface area contributed by atoms with Gasteiger partial charge in [0.2, 0.25) is 4.96 Å². The molecule has 25 heavy (non-hydrogen) atoms. The Bertz CT molecular complexity index is 1140. The van der Waals surface area contributed by atoms with Crippen molar-refractivity contribution in [3.8, 4) is 17.1 Å². The lowest BCUT2D eigenvalue weighted by molar-refractivity contribution is 0.340. The van der Waals surface area contributed by atoms with Crippen molar-refractivity contribution in [3.05, 3.63) is 62.8 Å². The minimum Gasteiger partial charge on any atom is -0.494 e. The highest BCUT2D eigenvalue weighted by molar-refractivity contribution is 7.15. The number of thiazole rings is 1. The normalized spacial score (nSPS) is 12.2. The fraction of sp³-hybridized carbons (Fsp3) is 0.167. The predicted molar refractivity (Wildman–Crippen MR) is 96.0 cm³/mol. The molecule has 4 rings (SSSR count). The number of nitrogens with zero attached hydrogens (tertiary/aromatic N) is 3. The molecule has 0 bridgehead atoms. The number of ether oxygens (including phenoxy) is 1. The Balaban J connectivity index is 1.72. The lowest BCUT2D eigenvalue weighted by Crippen LogP contribution is -2.23. The largest absolute Gasteiger partial charge is 0.494 e. The van der Waals surface area contributed by atoms with Crippen LogP contribution in [-0.4, -0.2) is 21.2 Å². The van der Waals surface area contributed by atoms with E-state index in [1.807, 2.05) is 50.2 Å². The molecule has 7 heteroatoms. The summed E-state index contributed by atoms with van der Waals surface area (Å²) in [4.78, 5) is 17.5. The van der Waals surface area contributed by atoms with Crippen molar-refractivity contribution in [2.24, 2.45) is 0 Å². The van der Waals surface area contributed by atoms with E-state index in [1.54, 1.807) is 6.08 Å². The molecule has 0 spiro atoms. The van der Waals surface area contributed by atoms with Gasteiger partial charge in [-0.3, -0.25) is 4.79 Å². The first kappa shape index (κ1) is 15.6. The first-order valence-corrected chi connectivity index (χ1v) is 8.66. The standard InChI is InChI=1S/C18H15N3O3S/c1-3-23-13-8-5-12(6-9-13)16-19-18-21(20-16)17(22)15(25-18)10-14-7-4-11(2)24-14/h4-10H,3H2,1-2H3. The lowest BCUT2D eigenvalue weighted by Gasteiger charge is -2.02. The summed E-state index contributed by atoms with van der Waals surface area (Å²) in [6.07, 6.45) is 1.72. The van der Waals surface area contributed by atoms with E-state index in [1.165, 1.54) is 15.9 Å². The molecule has 0 unspecified atom stereocenters. The number of aryl methyl sites for hydroxylation is 1. The molecule has 3 aromatic heterocycles. The molecule has 0 atom stereocenters. The van der Waals surface area contributed by atoms with Gasteiger partial charge in [-0.05, 0) is 50.2 Å². The lowest BCUT2D eigenvalue weighted by atomic mass is 10.2. The minimum atomic E-state index is -0.196. The van der Waals surface area contributed by atoms with E-state index in [-0.39, 0.29) is 5.56 Å². The first-order chi connectivity index (χ1) is 12.1. The molecule has 0 saturated heterocycles. The Morgan fingerprint density at radius 1 is 1.24 bits per heavy atom. The number of rotatable bonds is 4. The monoisotopic (exact) mass is 353 g/mol. The van der Waals surface area contributed by atoms with Gasteiger partial charge in [-0.15, -0.1) is 5.10 Å². The molecule has 0 saturated carbocycles. The van der Waals surface area contributed by atoms with E-state index < -0.39 is 0 Å². The molecular weight excluding hydrogens is 338 g/mol. The zero-order chi connectivity index (χ0) is 17.4. The number of benzene rings is 1. The molecule has 0 radical (unpaired) electrons. The van der Waals surface area contributed by atoms with Crippen LogP contribution < -0.4 is 14.8 Å². The summed E-state index contributed by atoms with van der Waals surface area (Å²) in [5, 5.41) is 4.34. The van der Waals surface area contributed by atoms with Crippen LogP contribution in [0.1, 0.15) is 18.4 Å². The minimum absolute atomic E-state index is 0.196. The average Bonchev–Trinajstić information content (AvgIpc) is 3.27. The first-order valence-electron chi connectivity index (χ1n) is 7.85. The summed E-state index contributed by atoms with van der Waals surface area (Å²) in [6, 6.07) is 11.2. The van der Waals surface area contributed by atoms with Crippen molar-refractivity contribution in [1.82, 2.24) is 14.6 Å². The van der Waals surface area contributed by atoms with Crippen LogP contribution in [0.4, 0.5) is 0 Å². The Hall–Kier alpha value is -2.93. The van der Waals surface area contributed by atoms with Gasteiger partial charge in [0, 0.05) is 11.6 Å². The maximum absolute atomic E-state index is 12.5. The topological polar surface area (TPSA) is 69.6 Å². The van der Waals surface area contributed by atoms with E-state index in [0.29, 0.717) is 27.7 Å². The quantitative estimate of drug-likeness (QED) is 0.564. The van der Waals surface area contributed by atoms with Crippen molar-refractivity contribution in [3.63, 3.8) is 0 Å². The van der Waals surface area contributed by atoms with Crippen molar-refractivity contribution in [2.75, 3.05) is 6.61 Å². The van der Waals surface area contributed by atoms with Gasteiger partial charge in [-0.1, -0.05) is 11.3 Å². The highest BCUT2D eigenvalue weighted by atomic mass is 32.1. The zero-order valence-electron chi connectivity index (χ0n) is 13.7. The number of hydrogen-bond donors (Lipinski definition) is 0. The highest BCUT2D eigenvalue weighted by Crippen LogP contribution is 2.20. The molecule has 4 aromatic rings. The van der Waals surface area contributed by atoms with Gasteiger partial charge >= 0.3 is 0 Å². The van der Waals surface area contributed by atoms with Crippen LogP contribution in [0.3, 0.4) is 0 Å². The molecule has 0 N–H and O–H groups in total. The van der Waals surface area contributed by atoms with Crippen molar-refractivity contribution >= 4 is 22.4 Å². The predicted octanol–water partition coefficient (Wildman–Crippen LogP) is 2.67. The summed E-state index contributed by atoms with van der Waals surface area (Å²) in [5.41, 5.74) is 0.643. The van der Waals surface area contributed by atoms with Crippen LogP contribution >= 0.6 is 11.3 Å². The van der Waals surface area contributed by atoms with Gasteiger partial charge < -0.3 is 9.15 Å². The average molecular weight is 353 g/mol. The highest BCUT2D eigenvalue weighted by Gasteiger charge is 2.12. The van der Waals surface area contributed by atoms with Crippen LogP contribution in [0, 0.1) is 6.92 Å². The SMILES string of the molecule is CCOc1ccc(-c2nc3sc(=Cc4ccc(C)o4)c(=O)n3n2)cc1. The third-order valence-corrected chi connectivity index (χ3v) is 4.60. The van der Waals surface area contributed by atoms with Crippen molar-refractivity contribution in [2.45, 2.75) is 13.8 Å². The molecule has 0 amide bonds. The van der Waals surface area contributed by atoms with Gasteiger partial charge in [-0.2, -0.15) is 9.50 Å². The molecule has 0 aliphatic carbocycles. The Labute approximate surface area is 147 Å². The van der Waals surface area contributed by atoms with Gasteiger partial charge in [-0.25, -0.2) is 0 Å². The fourth-order valence-electron chi connectivity index (χ4n) is 2.48.